The number of hydrogen-bond donors (Lipinski definition) is 2. The van der Waals surface area contributed by atoms with E-state index in [0.717, 1.165) is 10.8 Å². The van der Waals surface area contributed by atoms with Crippen LogP contribution in [0.5, 0.6) is 0 Å². The molecule has 0 aliphatic heterocycles. The molecule has 3 aromatic carbocycles. The van der Waals surface area contributed by atoms with Gasteiger partial charge in [-0.2, -0.15) is 13.5 Å². The zero-order valence-electron chi connectivity index (χ0n) is 12.5. The number of nitrogens with zero attached hydrogens (tertiary/aromatic N) is 2. The van der Waals surface area contributed by atoms with Crippen LogP contribution in [0.1, 0.15) is 0 Å². The van der Waals surface area contributed by atoms with Crippen LogP contribution < -0.4 is 5.73 Å². The van der Waals surface area contributed by atoms with E-state index in [2.05, 4.69) is 10.2 Å². The molecule has 0 atom stereocenters. The molecule has 0 unspecified atom stereocenters. The number of azo groups is 1. The first-order chi connectivity index (χ1) is 10.9. The van der Waals surface area contributed by atoms with Gasteiger partial charge >= 0.3 is 0 Å². The summed E-state index contributed by atoms with van der Waals surface area (Å²) in [5, 5.41) is 10.1. The van der Waals surface area contributed by atoms with Crippen molar-refractivity contribution in [3.05, 3.63) is 60.7 Å². The predicted octanol–water partition coefficient (Wildman–Crippen LogP) is 3.70. The number of nitrogens with two attached hydrogens (primary N) is 1. The number of fused-ring (bicyclic) bond motifs is 1. The summed E-state index contributed by atoms with van der Waals surface area (Å²) >= 11 is 0. The fourth-order valence-electron chi connectivity index (χ4n) is 2.19. The van der Waals surface area contributed by atoms with Gasteiger partial charge in [0.25, 0.3) is 10.1 Å². The molecule has 3 rings (SSSR count). The molecule has 0 saturated heterocycles. The van der Waals surface area contributed by atoms with Gasteiger partial charge in [0.05, 0.1) is 16.3 Å². The summed E-state index contributed by atoms with van der Waals surface area (Å²) in [6.07, 6.45) is 0. The van der Waals surface area contributed by atoms with Gasteiger partial charge in [0.1, 0.15) is 0 Å². The summed E-state index contributed by atoms with van der Waals surface area (Å²) < 4.78 is 30.9. The Morgan fingerprint density at radius 1 is 0.833 bits per heavy atom. The molecule has 0 fully saturated rings. The largest absolute Gasteiger partial charge is 0.398 e. The average molecular weight is 532 g/mol. The molecule has 0 aliphatic rings. The fraction of sp³-hybridized carbons (Fsp3) is 0. The second kappa shape index (κ2) is 7.36. The SMILES string of the molecule is Nc1ccc(N=Nc2ccc(S(=O)(=O)O)cc2)c2ccccc12.[Tl]. The van der Waals surface area contributed by atoms with Crippen LogP contribution >= 0.6 is 0 Å². The van der Waals surface area contributed by atoms with Crippen LogP contribution in [-0.2, 0) is 10.1 Å². The van der Waals surface area contributed by atoms with Crippen molar-refractivity contribution in [1.82, 2.24) is 0 Å². The van der Waals surface area contributed by atoms with Crippen LogP contribution in [0.4, 0.5) is 17.1 Å². The number of rotatable bonds is 3. The van der Waals surface area contributed by atoms with Crippen LogP contribution in [0.3, 0.4) is 0 Å². The first-order valence-corrected chi connectivity index (χ1v) is 8.16. The van der Waals surface area contributed by atoms with Crippen LogP contribution in [0.25, 0.3) is 10.8 Å². The van der Waals surface area contributed by atoms with Crippen molar-refractivity contribution in [3.8, 4) is 0 Å². The third-order valence-corrected chi connectivity index (χ3v) is 4.21. The van der Waals surface area contributed by atoms with Gasteiger partial charge in [-0.05, 0) is 36.4 Å². The van der Waals surface area contributed by atoms with E-state index in [1.807, 2.05) is 24.3 Å². The topological polar surface area (TPSA) is 105 Å². The molecular weight excluding hydrogens is 519 g/mol. The molecule has 0 bridgehead atoms. The van der Waals surface area contributed by atoms with E-state index < -0.39 is 10.1 Å². The van der Waals surface area contributed by atoms with Gasteiger partial charge in [0.2, 0.25) is 0 Å². The molecule has 0 amide bonds. The average Bonchev–Trinajstić information content (AvgIpc) is 2.54. The Morgan fingerprint density at radius 2 is 1.46 bits per heavy atom. The Bertz CT molecular complexity index is 1000. The van der Waals surface area contributed by atoms with Crippen LogP contribution in [0.15, 0.2) is 75.8 Å². The van der Waals surface area contributed by atoms with Gasteiger partial charge < -0.3 is 5.73 Å². The molecular formula is C16H13N3O3STl. The molecule has 24 heavy (non-hydrogen) atoms. The second-order valence-corrected chi connectivity index (χ2v) is 6.31. The van der Waals surface area contributed by atoms with E-state index >= 15 is 0 Å². The molecule has 0 aliphatic carbocycles. The zero-order chi connectivity index (χ0) is 16.4. The number of anilines is 1. The van der Waals surface area contributed by atoms with E-state index in [0.29, 0.717) is 17.1 Å². The molecule has 0 aromatic heterocycles. The summed E-state index contributed by atoms with van der Waals surface area (Å²) in [5.74, 6) is 0. The first kappa shape index (κ1) is 18.5. The number of benzene rings is 3. The summed E-state index contributed by atoms with van der Waals surface area (Å²) in [6.45, 7) is 0. The Balaban J connectivity index is 0.00000208. The summed E-state index contributed by atoms with van der Waals surface area (Å²) in [5.41, 5.74) is 7.73. The zero-order valence-corrected chi connectivity index (χ0v) is 17.8. The van der Waals surface area contributed by atoms with Gasteiger partial charge in [0, 0.05) is 43.8 Å². The number of hydrogen-bond acceptors (Lipinski definition) is 5. The Hall–Kier alpha value is -1.85. The van der Waals surface area contributed by atoms with Crippen LogP contribution in [-0.4, -0.2) is 40.3 Å². The fourth-order valence-corrected chi connectivity index (χ4v) is 2.67. The standard InChI is InChI=1S/C16H13N3O3S.Tl/c17-15-9-10-16(14-4-2-1-3-13(14)15)19-18-11-5-7-12(8-6-11)23(20,21)22;/h1-10H,17H2,(H,20,21,22);. The van der Waals surface area contributed by atoms with Crippen molar-refractivity contribution in [3.63, 3.8) is 0 Å². The van der Waals surface area contributed by atoms with E-state index in [9.17, 15) is 8.42 Å². The normalized spacial score (nSPS) is 11.5. The second-order valence-electron chi connectivity index (χ2n) is 4.89. The maximum atomic E-state index is 11.0. The summed E-state index contributed by atoms with van der Waals surface area (Å²) in [6, 6.07) is 16.6. The molecule has 3 N–H and O–H groups in total. The van der Waals surface area contributed by atoms with E-state index in [-0.39, 0.29) is 32.2 Å². The van der Waals surface area contributed by atoms with Gasteiger partial charge in [-0.3, -0.25) is 4.55 Å². The Morgan fingerprint density at radius 3 is 2.08 bits per heavy atom. The first-order valence-electron chi connectivity index (χ1n) is 6.72. The van der Waals surface area contributed by atoms with Crippen molar-refractivity contribution >= 4 is 65.3 Å². The van der Waals surface area contributed by atoms with Crippen molar-refractivity contribution in [2.24, 2.45) is 10.2 Å². The summed E-state index contributed by atoms with van der Waals surface area (Å²) in [7, 11) is -4.21. The third kappa shape index (κ3) is 3.97. The van der Waals surface area contributed by atoms with Gasteiger partial charge in [0.15, 0.2) is 0 Å². The molecule has 0 heterocycles. The third-order valence-electron chi connectivity index (χ3n) is 3.34. The van der Waals surface area contributed by atoms with Crippen molar-refractivity contribution < 1.29 is 13.0 Å². The minimum absolute atomic E-state index is 0. The van der Waals surface area contributed by atoms with Crippen molar-refractivity contribution in [1.29, 1.82) is 0 Å². The molecule has 6 nitrogen and oxygen atoms in total. The van der Waals surface area contributed by atoms with Crippen molar-refractivity contribution in [2.75, 3.05) is 5.73 Å². The monoisotopic (exact) mass is 532 g/mol. The quantitative estimate of drug-likeness (QED) is 0.233. The van der Waals surface area contributed by atoms with E-state index in [4.69, 9.17) is 10.3 Å². The molecule has 0 spiro atoms. The molecule has 119 valence electrons. The van der Waals surface area contributed by atoms with Crippen molar-refractivity contribution in [2.45, 2.75) is 4.90 Å². The van der Waals surface area contributed by atoms with Gasteiger partial charge in [-0.1, -0.05) is 24.3 Å². The minimum Gasteiger partial charge on any atom is -0.398 e. The van der Waals surface area contributed by atoms with Crippen LogP contribution in [0, 0.1) is 0 Å². The Labute approximate surface area is 159 Å². The van der Waals surface area contributed by atoms with Gasteiger partial charge in [-0.25, -0.2) is 0 Å². The van der Waals surface area contributed by atoms with E-state index in [1.165, 1.54) is 24.3 Å². The van der Waals surface area contributed by atoms with Gasteiger partial charge in [-0.15, -0.1) is 5.11 Å². The van der Waals surface area contributed by atoms with E-state index in [1.54, 1.807) is 12.1 Å². The van der Waals surface area contributed by atoms with Crippen LogP contribution in [0.2, 0.25) is 0 Å². The molecule has 8 heteroatoms. The maximum Gasteiger partial charge on any atom is 0.294 e. The predicted molar refractivity (Wildman–Crippen MR) is 94.5 cm³/mol. The Kier molecular flexibility index (Phi) is 5.67. The minimum atomic E-state index is -4.21. The molecule has 3 aromatic rings. The maximum absolute atomic E-state index is 11.0. The number of nitrogen functional groups attached to an aromatic ring is 1. The molecule has 0 saturated carbocycles. The summed E-state index contributed by atoms with van der Waals surface area (Å²) in [4.78, 5) is -0.186. The smallest absolute Gasteiger partial charge is 0.294 e. The molecule has 1 radical (unpaired) electrons.